The van der Waals surface area contributed by atoms with Gasteiger partial charge in [0.05, 0.1) is 33.4 Å². The summed E-state index contributed by atoms with van der Waals surface area (Å²) in [5.41, 5.74) is 3.99. The third-order valence-corrected chi connectivity index (χ3v) is 9.49. The highest BCUT2D eigenvalue weighted by atomic mass is 35.5. The van der Waals surface area contributed by atoms with Crippen molar-refractivity contribution in [2.75, 3.05) is 11.9 Å². The van der Waals surface area contributed by atoms with E-state index < -0.39 is 8.07 Å². The van der Waals surface area contributed by atoms with E-state index in [1.165, 1.54) is 0 Å². The minimum absolute atomic E-state index is 0.249. The summed E-state index contributed by atoms with van der Waals surface area (Å²) in [5.74, 6) is 1.14. The lowest BCUT2D eigenvalue weighted by atomic mass is 9.59. The number of aromatic nitrogens is 6. The van der Waals surface area contributed by atoms with Crippen molar-refractivity contribution < 1.29 is 9.53 Å². The van der Waals surface area contributed by atoms with Gasteiger partial charge in [-0.2, -0.15) is 0 Å². The number of amides is 1. The number of rotatable bonds is 9. The molecule has 0 aliphatic heterocycles. The molecule has 0 unspecified atom stereocenters. The van der Waals surface area contributed by atoms with E-state index in [-0.39, 0.29) is 17.0 Å². The molecule has 5 rings (SSSR count). The smallest absolute Gasteiger partial charge is 0.274 e. The Morgan fingerprint density at radius 1 is 1.26 bits per heavy atom. The first kappa shape index (κ1) is 27.5. The average Bonchev–Trinajstić information content (AvgIpc) is 3.42. The lowest BCUT2D eigenvalue weighted by molar-refractivity contribution is 0.0902. The normalized spacial score (nSPS) is 19.3. The van der Waals surface area contributed by atoms with Crippen LogP contribution in [0.15, 0.2) is 37.1 Å². The van der Waals surface area contributed by atoms with E-state index in [0.717, 1.165) is 41.4 Å². The van der Waals surface area contributed by atoms with Gasteiger partial charge in [-0.1, -0.05) is 38.2 Å². The Morgan fingerprint density at radius 3 is 2.69 bits per heavy atom. The van der Waals surface area contributed by atoms with Crippen LogP contribution in [0.5, 0.6) is 0 Å². The number of nitrogens with zero attached hydrogens (tertiary/aromatic N) is 6. The van der Waals surface area contributed by atoms with E-state index in [4.69, 9.17) is 16.3 Å². The van der Waals surface area contributed by atoms with Gasteiger partial charge in [0.25, 0.3) is 5.91 Å². The van der Waals surface area contributed by atoms with Crippen LogP contribution < -0.4 is 5.32 Å². The summed E-state index contributed by atoms with van der Waals surface area (Å²) < 4.78 is 9.86. The Balaban J connectivity index is 1.36. The Labute approximate surface area is 235 Å². The molecule has 11 heteroatoms. The van der Waals surface area contributed by atoms with Crippen LogP contribution in [0, 0.1) is 12.8 Å². The van der Waals surface area contributed by atoms with E-state index in [2.05, 4.69) is 52.0 Å². The fourth-order valence-corrected chi connectivity index (χ4v) is 6.59. The maximum absolute atomic E-state index is 13.3. The van der Waals surface area contributed by atoms with Gasteiger partial charge in [0.1, 0.15) is 24.6 Å². The van der Waals surface area contributed by atoms with Crippen molar-refractivity contribution >= 4 is 42.3 Å². The number of aryl methyl sites for hydroxylation is 2. The van der Waals surface area contributed by atoms with Crippen LogP contribution in [0.1, 0.15) is 47.2 Å². The SMILES string of the molecule is Cc1cn(COCC[Si](C)(C)C)c2c(Cl)cc(C(=O)Nc3cncc(C4(c5nncn5C)CC(C)C4)c3)nc12. The highest BCUT2D eigenvalue weighted by Crippen LogP contribution is 2.51. The maximum atomic E-state index is 13.3. The number of hydrogen-bond acceptors (Lipinski definition) is 6. The van der Waals surface area contributed by atoms with Crippen molar-refractivity contribution in [3.05, 3.63) is 64.7 Å². The summed E-state index contributed by atoms with van der Waals surface area (Å²) in [6, 6.07) is 4.69. The standard InChI is InChI=1S/C28H36ClN7O2Si/c1-18-11-28(12-18,27-34-31-16-35(27)3)20-9-21(14-30-13-20)32-26(37)23-10-22(29)25-24(33-23)19(2)15-36(25)17-38-7-8-39(4,5)6/h9-10,13-16,18H,7-8,11-12,17H2,1-6H3,(H,32,37). The van der Waals surface area contributed by atoms with E-state index >= 15 is 0 Å². The Kier molecular flexibility index (Phi) is 7.38. The summed E-state index contributed by atoms with van der Waals surface area (Å²) >= 11 is 6.69. The third kappa shape index (κ3) is 5.50. The lowest BCUT2D eigenvalue weighted by Gasteiger charge is -2.45. The summed E-state index contributed by atoms with van der Waals surface area (Å²) in [6.07, 6.45) is 9.09. The number of hydrogen-bond donors (Lipinski definition) is 1. The molecule has 1 fully saturated rings. The summed E-state index contributed by atoms with van der Waals surface area (Å²) in [7, 11) is 0.789. The number of carbonyl (C=O) groups excluding carboxylic acids is 1. The van der Waals surface area contributed by atoms with Crippen molar-refractivity contribution in [1.29, 1.82) is 0 Å². The minimum atomic E-state index is -1.17. The fraction of sp³-hybridized carbons (Fsp3) is 0.464. The molecule has 0 spiro atoms. The highest BCUT2D eigenvalue weighted by Gasteiger charge is 2.48. The van der Waals surface area contributed by atoms with Crippen LogP contribution in [0.4, 0.5) is 5.69 Å². The van der Waals surface area contributed by atoms with E-state index in [1.54, 1.807) is 18.6 Å². The quantitative estimate of drug-likeness (QED) is 0.203. The van der Waals surface area contributed by atoms with Gasteiger partial charge in [0, 0.05) is 34.1 Å². The van der Waals surface area contributed by atoms with Gasteiger partial charge in [0.15, 0.2) is 0 Å². The first-order valence-corrected chi connectivity index (χ1v) is 17.4. The Bertz CT molecular complexity index is 1520. The van der Waals surface area contributed by atoms with Gasteiger partial charge >= 0.3 is 0 Å². The van der Waals surface area contributed by atoms with Gasteiger partial charge < -0.3 is 19.2 Å². The zero-order valence-electron chi connectivity index (χ0n) is 23.5. The molecule has 0 aromatic carbocycles. The van der Waals surface area contributed by atoms with Crippen LogP contribution in [-0.4, -0.2) is 49.9 Å². The number of anilines is 1. The number of carbonyl (C=O) groups is 1. The number of ether oxygens (including phenoxy) is 1. The van der Waals surface area contributed by atoms with E-state index in [0.29, 0.717) is 35.5 Å². The zero-order chi connectivity index (χ0) is 27.9. The Hall–Kier alpha value is -3.08. The second kappa shape index (κ2) is 10.5. The van der Waals surface area contributed by atoms with Gasteiger partial charge in [0.2, 0.25) is 0 Å². The van der Waals surface area contributed by atoms with Crippen LogP contribution in [-0.2, 0) is 23.9 Å². The van der Waals surface area contributed by atoms with Crippen LogP contribution >= 0.6 is 11.6 Å². The van der Waals surface area contributed by atoms with Crippen LogP contribution in [0.3, 0.4) is 0 Å². The summed E-state index contributed by atoms with van der Waals surface area (Å²) in [6.45, 7) is 12.3. The zero-order valence-corrected chi connectivity index (χ0v) is 25.2. The number of pyridine rings is 2. The molecule has 1 N–H and O–H groups in total. The van der Waals surface area contributed by atoms with Crippen LogP contribution in [0.25, 0.3) is 11.0 Å². The predicted molar refractivity (Wildman–Crippen MR) is 156 cm³/mol. The minimum Gasteiger partial charge on any atom is -0.361 e. The maximum Gasteiger partial charge on any atom is 0.274 e. The molecule has 4 heterocycles. The molecule has 0 radical (unpaired) electrons. The topological polar surface area (TPSA) is 99.7 Å². The van der Waals surface area contributed by atoms with Crippen molar-refractivity contribution in [3.63, 3.8) is 0 Å². The summed E-state index contributed by atoms with van der Waals surface area (Å²) in [4.78, 5) is 22.4. The molecule has 0 atom stereocenters. The highest BCUT2D eigenvalue weighted by molar-refractivity contribution is 6.76. The van der Waals surface area contributed by atoms with Gasteiger partial charge in [-0.15, -0.1) is 10.2 Å². The lowest BCUT2D eigenvalue weighted by Crippen LogP contribution is -2.43. The molecule has 1 amide bonds. The summed E-state index contributed by atoms with van der Waals surface area (Å²) in [5, 5.41) is 11.9. The van der Waals surface area contributed by atoms with Crippen LogP contribution in [0.2, 0.25) is 30.7 Å². The largest absolute Gasteiger partial charge is 0.361 e. The number of fused-ring (bicyclic) bond motifs is 1. The molecule has 4 aromatic heterocycles. The first-order valence-electron chi connectivity index (χ1n) is 13.3. The number of nitrogens with one attached hydrogen (secondary N) is 1. The van der Waals surface area contributed by atoms with Crippen molar-refractivity contribution in [2.24, 2.45) is 13.0 Å². The Morgan fingerprint density at radius 2 is 2.03 bits per heavy atom. The molecule has 1 saturated carbocycles. The molecular formula is C28H36ClN7O2Si. The van der Waals surface area contributed by atoms with Gasteiger partial charge in [-0.25, -0.2) is 4.98 Å². The molecule has 0 saturated heterocycles. The molecule has 39 heavy (non-hydrogen) atoms. The predicted octanol–water partition coefficient (Wildman–Crippen LogP) is 5.80. The molecule has 1 aliphatic rings. The molecule has 206 valence electrons. The molecular weight excluding hydrogens is 530 g/mol. The monoisotopic (exact) mass is 565 g/mol. The fourth-order valence-electron chi connectivity index (χ4n) is 5.53. The number of halogens is 1. The van der Waals surface area contributed by atoms with Crippen molar-refractivity contribution in [3.8, 4) is 0 Å². The second-order valence-electron chi connectivity index (χ2n) is 12.1. The molecule has 4 aromatic rings. The van der Waals surface area contributed by atoms with E-state index in [1.807, 2.05) is 41.6 Å². The molecule has 0 bridgehead atoms. The third-order valence-electron chi connectivity index (χ3n) is 7.50. The van der Waals surface area contributed by atoms with Crippen molar-refractivity contribution in [1.82, 2.24) is 29.3 Å². The van der Waals surface area contributed by atoms with Gasteiger partial charge in [-0.3, -0.25) is 9.78 Å². The first-order chi connectivity index (χ1) is 18.5. The molecule has 9 nitrogen and oxygen atoms in total. The van der Waals surface area contributed by atoms with E-state index in [9.17, 15) is 4.79 Å². The average molecular weight is 566 g/mol. The van der Waals surface area contributed by atoms with Gasteiger partial charge in [-0.05, 0) is 55.0 Å². The van der Waals surface area contributed by atoms with Crippen molar-refractivity contribution in [2.45, 2.75) is 64.5 Å². The second-order valence-corrected chi connectivity index (χ2v) is 18.1. The molecule has 1 aliphatic carbocycles.